The predicted octanol–water partition coefficient (Wildman–Crippen LogP) is 7.67. The van der Waals surface area contributed by atoms with E-state index in [9.17, 15) is 19.8 Å². The van der Waals surface area contributed by atoms with Crippen LogP contribution in [0.1, 0.15) is 41.5 Å². The zero-order valence-corrected chi connectivity index (χ0v) is 61.8. The Balaban J connectivity index is 0.000000252. The number of phenols is 2. The van der Waals surface area contributed by atoms with Gasteiger partial charge in [-0.1, -0.05) is 97.1 Å². The minimum atomic E-state index is -0.545. The number of phenolic OH excluding ortho intramolecular Hbond substituents is 2. The van der Waals surface area contributed by atoms with Gasteiger partial charge in [-0.05, 0) is 90.1 Å². The molecule has 3 saturated heterocycles. The summed E-state index contributed by atoms with van der Waals surface area (Å²) in [6.45, 7) is 25.8. The van der Waals surface area contributed by atoms with E-state index in [0.717, 1.165) is 159 Å². The number of amides is 2. The first-order valence-electron chi connectivity index (χ1n) is 30.2. The maximum absolute atomic E-state index is 12.1. The average Bonchev–Trinajstić information content (AvgIpc) is 0.894. The van der Waals surface area contributed by atoms with Gasteiger partial charge in [0.1, 0.15) is 47.4 Å². The van der Waals surface area contributed by atoms with Gasteiger partial charge in [0.25, 0.3) is 6.47 Å². The summed E-state index contributed by atoms with van der Waals surface area (Å²) in [6, 6.07) is 44.9. The van der Waals surface area contributed by atoms with E-state index in [1.807, 2.05) is 151 Å². The Morgan fingerprint density at radius 2 is 0.806 bits per heavy atom. The molecule has 2 amide bonds. The first-order valence-corrected chi connectivity index (χ1v) is 30.7. The quantitative estimate of drug-likeness (QED) is 0.0123. The number of alkyl halides is 1. The summed E-state index contributed by atoms with van der Waals surface area (Å²) in [5.74, 6) is 2.92. The number of ether oxygens (including phenoxy) is 7. The molecule has 93 heavy (non-hydrogen) atoms. The molecular formula is C69H87ClK2N7O14. The molecule has 11 rings (SSSR count). The number of aromatic hydroxyl groups is 2. The van der Waals surface area contributed by atoms with Gasteiger partial charge in [-0.2, -0.15) is 0 Å². The van der Waals surface area contributed by atoms with Crippen LogP contribution < -0.4 is 88.2 Å². The van der Waals surface area contributed by atoms with Crippen molar-refractivity contribution in [1.29, 1.82) is 0 Å². The van der Waals surface area contributed by atoms with Crippen LogP contribution in [0.3, 0.4) is 0 Å². The van der Waals surface area contributed by atoms with Crippen molar-refractivity contribution in [1.82, 2.24) is 14.7 Å². The van der Waals surface area contributed by atoms with Gasteiger partial charge >= 0.3 is 63.6 Å². The van der Waals surface area contributed by atoms with E-state index in [4.69, 9.17) is 66.3 Å². The van der Waals surface area contributed by atoms with Crippen molar-refractivity contribution >= 4 is 147 Å². The minimum absolute atomic E-state index is 0. The summed E-state index contributed by atoms with van der Waals surface area (Å²) in [7, 11) is 0. The van der Waals surface area contributed by atoms with Crippen LogP contribution >= 0.6 is 11.6 Å². The number of nitrogen functional groups attached to an aromatic ring is 2. The molecule has 8 N–H and O–H groups in total. The molecule has 491 valence electrons. The summed E-state index contributed by atoms with van der Waals surface area (Å²) in [5.41, 5.74) is 13.4. The molecule has 0 saturated carbocycles. The zero-order chi connectivity index (χ0) is 65.6. The fourth-order valence-electron chi connectivity index (χ4n) is 9.62. The molecule has 8 aromatic carbocycles. The number of rotatable bonds is 13. The third-order valence-electron chi connectivity index (χ3n) is 14.0. The second kappa shape index (κ2) is 42.4. The Labute approximate surface area is 635 Å². The van der Waals surface area contributed by atoms with Crippen molar-refractivity contribution in [3.05, 3.63) is 146 Å². The monoisotopic (exact) mass is 1350 g/mol. The normalized spacial score (nSPS) is 14.1. The fraction of sp³-hybridized carbons (Fsp3) is 0.377. The van der Waals surface area contributed by atoms with Gasteiger partial charge in [-0.3, -0.25) is 30.1 Å². The number of benzene rings is 8. The van der Waals surface area contributed by atoms with E-state index < -0.39 is 23.4 Å². The number of halogens is 1. The topological polar surface area (TPSA) is 274 Å². The molecule has 24 heteroatoms. The van der Waals surface area contributed by atoms with Crippen LogP contribution in [0, 0.1) is 0 Å². The largest absolute Gasteiger partial charge is 1.00 e. The molecule has 3 aliphatic rings. The molecule has 0 unspecified atom stereocenters. The van der Waals surface area contributed by atoms with Gasteiger partial charge in [-0.25, -0.2) is 9.59 Å². The van der Waals surface area contributed by atoms with E-state index in [2.05, 4.69) is 36.3 Å². The molecule has 3 aliphatic heterocycles. The van der Waals surface area contributed by atoms with Gasteiger partial charge in [0, 0.05) is 171 Å². The van der Waals surface area contributed by atoms with Crippen molar-refractivity contribution in [3.63, 3.8) is 0 Å². The number of hydrogen-bond acceptors (Lipinski definition) is 19. The van der Waals surface area contributed by atoms with Crippen molar-refractivity contribution in [2.75, 3.05) is 140 Å². The van der Waals surface area contributed by atoms with Crippen molar-refractivity contribution in [3.8, 4) is 23.0 Å². The minimum Gasteiger partial charge on any atom is -0.662 e. The first-order chi connectivity index (χ1) is 43.8. The summed E-state index contributed by atoms with van der Waals surface area (Å²) in [4.78, 5) is 42.2. The standard InChI is InChI=1S/C21H28N2O4.C16H20N2O2.C15H17NO3.C10H9NO.C6H12ClNO.CH2O3.2K/c1-21(2,3)27-20(24)22-18-8-9-19(17-7-5-4-6-16(17)18)26-15-12-23-10-13-25-14-11-23;17-15-5-6-16(14-4-2-1-3-13(14)15)20-12-9-18-7-10-19-11-8-18;1-15(2,3)19-14(18)16-12-8-9-13(17)11-7-5-4-6-10(11)12;11-9-5-6-10(12)8-4-2-1-3-7(8)9;7-1-2-8-3-5-9-6-4-8;2-1-4-3;;/h4-9H,10-15H2,1-3H3,(H,22,24);1-6H,7-12,17H2;4-9,17H,1-3H3,(H,16,18);1-6,12H,11H2;1-6H2;1,3H;;/q;;;;;;;+1/p-1. The number of morpholine rings is 3. The van der Waals surface area contributed by atoms with Gasteiger partial charge in [0.2, 0.25) is 0 Å². The average molecular weight is 1350 g/mol. The third kappa shape index (κ3) is 28.2. The second-order valence-electron chi connectivity index (χ2n) is 22.9. The fourth-order valence-corrected chi connectivity index (χ4v) is 9.85. The van der Waals surface area contributed by atoms with Crippen LogP contribution in [0.15, 0.2) is 146 Å². The molecule has 0 spiro atoms. The number of carbonyl (C=O) groups excluding carboxylic acids is 3. The molecule has 0 atom stereocenters. The number of nitrogens with zero attached hydrogens (tertiary/aromatic N) is 3. The molecule has 8 aromatic rings. The van der Waals surface area contributed by atoms with Gasteiger partial charge in [-0.15, -0.1) is 11.6 Å². The number of nitrogens with two attached hydrogens (primary N) is 2. The van der Waals surface area contributed by atoms with Crippen LogP contribution in [0.5, 0.6) is 23.0 Å². The molecule has 0 aromatic heterocycles. The van der Waals surface area contributed by atoms with E-state index >= 15 is 0 Å². The number of fused-ring (bicyclic) bond motifs is 4. The van der Waals surface area contributed by atoms with Crippen molar-refractivity contribution in [2.45, 2.75) is 52.7 Å². The number of anilines is 4. The number of hydrogen-bond donors (Lipinski definition) is 6. The summed E-state index contributed by atoms with van der Waals surface area (Å²) in [6.07, 6.45) is -0.975. The van der Waals surface area contributed by atoms with Crippen LogP contribution in [0.2, 0.25) is 0 Å². The Bertz CT molecular complexity index is 3500. The Kier molecular flexibility index (Phi) is 36.7. The first kappa shape index (κ1) is 80.3. The number of nitrogens with one attached hydrogen (secondary N) is 2. The summed E-state index contributed by atoms with van der Waals surface area (Å²) >= 11 is 5.55. The van der Waals surface area contributed by atoms with Crippen LogP contribution in [-0.2, 0) is 33.4 Å². The van der Waals surface area contributed by atoms with Crippen molar-refractivity contribution in [2.24, 2.45) is 0 Å². The molecular weight excluding hydrogens is 1260 g/mol. The molecule has 3 heterocycles. The SMILES string of the molecule is CC(C)(C)OC(=O)Nc1ccc(O)c2ccccc12.CC(C)(C)OC(=O)Nc1ccc(OCCN2CCOCC2)c2ccccc12.ClCCN1CCOCC1.Nc1ccc(O)c2ccccc12.Nc1ccc(OCCN2CCOCC2)c2ccccc12.O=CO[O-].[K+].[K]. The molecule has 3 fully saturated rings. The molecule has 1 radical (unpaired) electrons. The molecule has 0 bridgehead atoms. The van der Waals surface area contributed by atoms with E-state index in [0.29, 0.717) is 35.7 Å². The van der Waals surface area contributed by atoms with Crippen LogP contribution in [-0.4, -0.2) is 224 Å². The van der Waals surface area contributed by atoms with Gasteiger partial charge < -0.3 is 65.0 Å². The van der Waals surface area contributed by atoms with E-state index in [1.165, 1.54) is 0 Å². The van der Waals surface area contributed by atoms with Gasteiger partial charge in [0.05, 0.1) is 51.0 Å². The number of carbonyl (C=O) groups is 3. The van der Waals surface area contributed by atoms with E-state index in [1.54, 1.807) is 30.3 Å². The smallest absolute Gasteiger partial charge is 0.662 e. The summed E-state index contributed by atoms with van der Waals surface area (Å²) in [5, 5.41) is 40.4. The van der Waals surface area contributed by atoms with Crippen molar-refractivity contribution < 1.29 is 119 Å². The van der Waals surface area contributed by atoms with Crippen LogP contribution in [0.25, 0.3) is 43.1 Å². The summed E-state index contributed by atoms with van der Waals surface area (Å²) < 4.78 is 38.4. The second-order valence-corrected chi connectivity index (χ2v) is 23.3. The van der Waals surface area contributed by atoms with Crippen LogP contribution in [0.4, 0.5) is 32.3 Å². The Hall–Kier alpha value is -5.11. The Morgan fingerprint density at radius 3 is 1.19 bits per heavy atom. The Morgan fingerprint density at radius 1 is 0.505 bits per heavy atom. The predicted molar refractivity (Wildman–Crippen MR) is 364 cm³/mol. The third-order valence-corrected chi connectivity index (χ3v) is 14.2. The van der Waals surface area contributed by atoms with E-state index in [-0.39, 0.29) is 121 Å². The zero-order valence-electron chi connectivity index (χ0n) is 54.8. The molecule has 0 aliphatic carbocycles. The molecule has 21 nitrogen and oxygen atoms in total. The maximum Gasteiger partial charge on any atom is 1.00 e. The maximum atomic E-state index is 12.1. The van der Waals surface area contributed by atoms with Gasteiger partial charge in [0.15, 0.2) is 0 Å².